The van der Waals surface area contributed by atoms with Crippen molar-refractivity contribution in [3.05, 3.63) is 41.7 Å². The lowest BCUT2D eigenvalue weighted by molar-refractivity contribution is 0.0767. The van der Waals surface area contributed by atoms with Crippen LogP contribution in [-0.4, -0.2) is 44.7 Å². The van der Waals surface area contributed by atoms with Crippen LogP contribution >= 0.6 is 0 Å². The van der Waals surface area contributed by atoms with E-state index in [1.54, 1.807) is 16.8 Å². The largest absolute Gasteiger partial charge is 0.335 e. The van der Waals surface area contributed by atoms with Gasteiger partial charge in [0, 0.05) is 25.0 Å². The quantitative estimate of drug-likeness (QED) is 0.915. The average Bonchev–Trinajstić information content (AvgIpc) is 3.30. The smallest absolute Gasteiger partial charge is 0.293 e. The third kappa shape index (κ3) is 2.90. The minimum Gasteiger partial charge on any atom is -0.335 e. The van der Waals surface area contributed by atoms with Crippen molar-refractivity contribution >= 4 is 5.91 Å². The van der Waals surface area contributed by atoms with Crippen LogP contribution in [0.5, 0.6) is 0 Å². The summed E-state index contributed by atoms with van der Waals surface area (Å²) in [5, 5.41) is 4.42. The molecule has 4 rings (SSSR count). The van der Waals surface area contributed by atoms with Gasteiger partial charge in [0.15, 0.2) is 0 Å². The van der Waals surface area contributed by atoms with E-state index in [0.29, 0.717) is 29.9 Å². The van der Waals surface area contributed by atoms with E-state index >= 15 is 0 Å². The number of amides is 1. The molecule has 138 valence electrons. The first kappa shape index (κ1) is 17.1. The van der Waals surface area contributed by atoms with Crippen molar-refractivity contribution in [2.24, 2.45) is 17.6 Å². The lowest BCUT2D eigenvalue weighted by atomic mass is 9.98. The van der Waals surface area contributed by atoms with Crippen LogP contribution in [0, 0.1) is 17.7 Å². The van der Waals surface area contributed by atoms with E-state index in [-0.39, 0.29) is 29.5 Å². The van der Waals surface area contributed by atoms with E-state index in [1.165, 1.54) is 12.1 Å². The fourth-order valence-electron chi connectivity index (χ4n) is 4.20. The van der Waals surface area contributed by atoms with Gasteiger partial charge in [-0.3, -0.25) is 4.79 Å². The average molecular weight is 357 g/mol. The number of carbonyl (C=O) groups is 1. The van der Waals surface area contributed by atoms with Crippen LogP contribution in [0.15, 0.2) is 24.3 Å². The van der Waals surface area contributed by atoms with Crippen molar-refractivity contribution in [1.29, 1.82) is 0 Å². The molecule has 2 heterocycles. The Bertz CT molecular complexity index is 833. The van der Waals surface area contributed by atoms with Crippen LogP contribution in [0.4, 0.5) is 4.39 Å². The van der Waals surface area contributed by atoms with Crippen LogP contribution in [0.2, 0.25) is 0 Å². The Balaban J connectivity index is 1.63. The Labute approximate surface area is 152 Å². The Kier molecular flexibility index (Phi) is 4.26. The number of likely N-dealkylation sites (tertiary alicyclic amines) is 1. The second kappa shape index (κ2) is 6.46. The van der Waals surface area contributed by atoms with Crippen molar-refractivity contribution in [3.8, 4) is 5.69 Å². The molecule has 1 aromatic carbocycles. The first-order chi connectivity index (χ1) is 12.4. The van der Waals surface area contributed by atoms with Crippen molar-refractivity contribution in [1.82, 2.24) is 19.7 Å². The molecule has 1 aromatic heterocycles. The van der Waals surface area contributed by atoms with Gasteiger partial charge < -0.3 is 10.6 Å². The SMILES string of the molecule is CC(C)c1nc(C(=O)N2CC3CCC(N)C3C2)nn1-c1cccc(F)c1. The number of fused-ring (bicyclic) bond motifs is 1. The maximum Gasteiger partial charge on any atom is 0.293 e. The third-order valence-electron chi connectivity index (χ3n) is 5.59. The van der Waals surface area contributed by atoms with Gasteiger partial charge in [-0.05, 0) is 42.9 Å². The topological polar surface area (TPSA) is 77.0 Å². The summed E-state index contributed by atoms with van der Waals surface area (Å²) in [6, 6.07) is 6.35. The summed E-state index contributed by atoms with van der Waals surface area (Å²) in [6.07, 6.45) is 2.12. The molecule has 1 saturated heterocycles. The highest BCUT2D eigenvalue weighted by Gasteiger charge is 2.43. The van der Waals surface area contributed by atoms with E-state index in [2.05, 4.69) is 10.1 Å². The van der Waals surface area contributed by atoms with Crippen molar-refractivity contribution in [3.63, 3.8) is 0 Å². The molecule has 2 aliphatic rings. The first-order valence-electron chi connectivity index (χ1n) is 9.21. The van der Waals surface area contributed by atoms with Crippen molar-refractivity contribution < 1.29 is 9.18 Å². The lowest BCUT2D eigenvalue weighted by Crippen LogP contribution is -2.34. The molecule has 3 unspecified atom stereocenters. The van der Waals surface area contributed by atoms with Gasteiger partial charge in [0.1, 0.15) is 11.6 Å². The normalized spacial score (nSPS) is 25.1. The van der Waals surface area contributed by atoms with Crippen molar-refractivity contribution in [2.45, 2.75) is 38.6 Å². The van der Waals surface area contributed by atoms with Crippen LogP contribution < -0.4 is 5.73 Å². The Hall–Kier alpha value is -2.28. The molecule has 0 radical (unpaired) electrons. The zero-order valence-corrected chi connectivity index (χ0v) is 15.1. The summed E-state index contributed by atoms with van der Waals surface area (Å²) in [5.41, 5.74) is 6.74. The summed E-state index contributed by atoms with van der Waals surface area (Å²) in [4.78, 5) is 19.2. The molecule has 2 N–H and O–H groups in total. The minimum absolute atomic E-state index is 0.0544. The van der Waals surface area contributed by atoms with Crippen LogP contribution in [0.3, 0.4) is 0 Å². The highest BCUT2D eigenvalue weighted by molar-refractivity contribution is 5.90. The number of nitrogens with zero attached hydrogens (tertiary/aromatic N) is 4. The van der Waals surface area contributed by atoms with Gasteiger partial charge in [0.25, 0.3) is 5.91 Å². The minimum atomic E-state index is -0.345. The molecule has 0 spiro atoms. The molecule has 1 aliphatic heterocycles. The number of carbonyl (C=O) groups excluding carboxylic acids is 1. The predicted octanol–water partition coefficient (Wildman–Crippen LogP) is 2.34. The van der Waals surface area contributed by atoms with Gasteiger partial charge >= 0.3 is 0 Å². The van der Waals surface area contributed by atoms with Crippen molar-refractivity contribution in [2.75, 3.05) is 13.1 Å². The monoisotopic (exact) mass is 357 g/mol. The number of benzene rings is 1. The van der Waals surface area contributed by atoms with Gasteiger partial charge in [-0.25, -0.2) is 14.1 Å². The maximum atomic E-state index is 13.6. The molecule has 26 heavy (non-hydrogen) atoms. The Morgan fingerprint density at radius 1 is 1.31 bits per heavy atom. The number of rotatable bonds is 3. The maximum absolute atomic E-state index is 13.6. The Morgan fingerprint density at radius 3 is 2.81 bits per heavy atom. The molecule has 7 heteroatoms. The van der Waals surface area contributed by atoms with Crippen LogP contribution in [0.25, 0.3) is 5.69 Å². The summed E-state index contributed by atoms with van der Waals surface area (Å²) in [5.74, 6) is 1.24. The molecule has 6 nitrogen and oxygen atoms in total. The number of hydrogen-bond donors (Lipinski definition) is 1. The fraction of sp³-hybridized carbons (Fsp3) is 0.526. The molecule has 2 aromatic rings. The summed E-state index contributed by atoms with van der Waals surface area (Å²) in [7, 11) is 0. The molecular weight excluding hydrogens is 333 g/mol. The molecule has 1 saturated carbocycles. The zero-order chi connectivity index (χ0) is 18.4. The highest BCUT2D eigenvalue weighted by atomic mass is 19.1. The van der Waals surface area contributed by atoms with E-state index < -0.39 is 0 Å². The second-order valence-corrected chi connectivity index (χ2v) is 7.72. The number of hydrogen-bond acceptors (Lipinski definition) is 4. The predicted molar refractivity (Wildman–Crippen MR) is 95.5 cm³/mol. The standard InChI is InChI=1S/C19H24FN5O/c1-11(2)18-22-17(23-25(18)14-5-3-4-13(20)8-14)19(26)24-9-12-6-7-16(21)15(12)10-24/h3-5,8,11-12,15-16H,6-7,9-10,21H2,1-2H3. The fourth-order valence-corrected chi connectivity index (χ4v) is 4.20. The van der Waals surface area contributed by atoms with E-state index in [1.807, 2.05) is 18.7 Å². The molecule has 2 fully saturated rings. The number of nitrogens with two attached hydrogens (primary N) is 1. The lowest BCUT2D eigenvalue weighted by Gasteiger charge is -2.17. The van der Waals surface area contributed by atoms with Gasteiger partial charge in [-0.15, -0.1) is 5.10 Å². The highest BCUT2D eigenvalue weighted by Crippen LogP contribution is 2.37. The van der Waals surface area contributed by atoms with Gasteiger partial charge in [0.05, 0.1) is 5.69 Å². The van der Waals surface area contributed by atoms with Crippen LogP contribution in [0.1, 0.15) is 49.1 Å². The summed E-state index contributed by atoms with van der Waals surface area (Å²) in [6.45, 7) is 5.36. The second-order valence-electron chi connectivity index (χ2n) is 7.72. The summed E-state index contributed by atoms with van der Waals surface area (Å²) < 4.78 is 15.2. The van der Waals surface area contributed by atoms with Gasteiger partial charge in [0.2, 0.25) is 5.82 Å². The van der Waals surface area contributed by atoms with Crippen LogP contribution in [-0.2, 0) is 0 Å². The van der Waals surface area contributed by atoms with E-state index in [9.17, 15) is 9.18 Å². The van der Waals surface area contributed by atoms with E-state index in [4.69, 9.17) is 5.73 Å². The first-order valence-corrected chi connectivity index (χ1v) is 9.21. The van der Waals surface area contributed by atoms with Gasteiger partial charge in [-0.1, -0.05) is 19.9 Å². The van der Waals surface area contributed by atoms with E-state index in [0.717, 1.165) is 19.4 Å². The molecule has 0 bridgehead atoms. The molecular formula is C19H24FN5O. The third-order valence-corrected chi connectivity index (χ3v) is 5.59. The number of aromatic nitrogens is 3. The molecule has 3 atom stereocenters. The van der Waals surface area contributed by atoms with Gasteiger partial charge in [-0.2, -0.15) is 0 Å². The number of halogens is 1. The molecule has 1 aliphatic carbocycles. The summed E-state index contributed by atoms with van der Waals surface area (Å²) >= 11 is 0. The zero-order valence-electron chi connectivity index (χ0n) is 15.1. The Morgan fingerprint density at radius 2 is 2.12 bits per heavy atom. The molecule has 1 amide bonds.